The molecule has 0 saturated carbocycles. The van der Waals surface area contributed by atoms with Gasteiger partial charge < -0.3 is 10.5 Å². The summed E-state index contributed by atoms with van der Waals surface area (Å²) in [5.41, 5.74) is 5.85. The molecule has 0 aliphatic carbocycles. The van der Waals surface area contributed by atoms with Crippen molar-refractivity contribution in [3.05, 3.63) is 18.3 Å². The first-order valence-electron chi connectivity index (χ1n) is 6.14. The second kappa shape index (κ2) is 5.67. The van der Waals surface area contributed by atoms with Gasteiger partial charge in [-0.3, -0.25) is 0 Å². The van der Waals surface area contributed by atoms with Gasteiger partial charge in [0.25, 0.3) is 0 Å². The fourth-order valence-electron chi connectivity index (χ4n) is 2.13. The number of rotatable bonds is 5. The van der Waals surface area contributed by atoms with Gasteiger partial charge in [0.15, 0.2) is 14.9 Å². The number of aromatic nitrogens is 1. The van der Waals surface area contributed by atoms with Crippen molar-refractivity contribution in [2.24, 2.45) is 0 Å². The Kier molecular flexibility index (Phi) is 4.19. The smallest absolute Gasteiger partial charge is 0.197 e. The molecule has 0 spiro atoms. The molecule has 1 aromatic rings. The van der Waals surface area contributed by atoms with Crippen molar-refractivity contribution in [1.82, 2.24) is 4.98 Å². The zero-order chi connectivity index (χ0) is 13.0. The maximum atomic E-state index is 12.0. The number of hydrogen-bond donors (Lipinski definition) is 1. The molecule has 0 radical (unpaired) electrons. The molecule has 1 aromatic heterocycles. The fourth-order valence-corrected chi connectivity index (χ4v) is 3.52. The number of nitrogen functional groups attached to an aromatic ring is 1. The van der Waals surface area contributed by atoms with Gasteiger partial charge in [-0.25, -0.2) is 13.4 Å². The molecule has 2 rings (SSSR count). The first kappa shape index (κ1) is 13.3. The lowest BCUT2D eigenvalue weighted by atomic mass is 10.1. The largest absolute Gasteiger partial charge is 0.396 e. The van der Waals surface area contributed by atoms with Gasteiger partial charge in [-0.05, 0) is 37.8 Å². The Morgan fingerprint density at radius 2 is 2.33 bits per heavy atom. The first-order valence-corrected chi connectivity index (χ1v) is 7.80. The topological polar surface area (TPSA) is 82.3 Å². The average molecular weight is 270 g/mol. The Bertz CT molecular complexity index is 496. The molecular formula is C12H18N2O3S. The quantitative estimate of drug-likeness (QED) is 0.874. The van der Waals surface area contributed by atoms with E-state index in [4.69, 9.17) is 10.5 Å². The van der Waals surface area contributed by atoms with Crippen LogP contribution in [-0.2, 0) is 14.6 Å². The zero-order valence-electron chi connectivity index (χ0n) is 10.2. The van der Waals surface area contributed by atoms with E-state index in [1.807, 2.05) is 0 Å². The summed E-state index contributed by atoms with van der Waals surface area (Å²) in [4.78, 5) is 3.86. The lowest BCUT2D eigenvalue weighted by molar-refractivity contribution is 0.104. The summed E-state index contributed by atoms with van der Waals surface area (Å²) in [6.07, 6.45) is 5.15. The molecule has 6 heteroatoms. The minimum absolute atomic E-state index is 0.00246. The molecule has 2 heterocycles. The van der Waals surface area contributed by atoms with E-state index in [0.29, 0.717) is 6.42 Å². The van der Waals surface area contributed by atoms with Gasteiger partial charge >= 0.3 is 0 Å². The number of anilines is 1. The molecule has 1 saturated heterocycles. The zero-order valence-corrected chi connectivity index (χ0v) is 11.0. The van der Waals surface area contributed by atoms with E-state index in [9.17, 15) is 8.42 Å². The molecule has 1 unspecified atom stereocenters. The van der Waals surface area contributed by atoms with E-state index in [0.717, 1.165) is 25.9 Å². The third kappa shape index (κ3) is 3.20. The van der Waals surface area contributed by atoms with Crippen molar-refractivity contribution < 1.29 is 13.2 Å². The molecule has 0 bridgehead atoms. The van der Waals surface area contributed by atoms with Crippen molar-refractivity contribution in [3.63, 3.8) is 0 Å². The molecule has 18 heavy (non-hydrogen) atoms. The maximum Gasteiger partial charge on any atom is 0.197 e. The second-order valence-corrected chi connectivity index (χ2v) is 6.52. The maximum absolute atomic E-state index is 12.0. The number of hydrogen-bond acceptors (Lipinski definition) is 5. The number of sulfone groups is 1. The van der Waals surface area contributed by atoms with Crippen LogP contribution in [0.5, 0.6) is 0 Å². The van der Waals surface area contributed by atoms with Crippen molar-refractivity contribution >= 4 is 15.5 Å². The van der Waals surface area contributed by atoms with Crippen molar-refractivity contribution in [1.29, 1.82) is 0 Å². The SMILES string of the molecule is Nc1cccnc1S(=O)(=O)CCCC1CCCO1. The predicted octanol–water partition coefficient (Wildman–Crippen LogP) is 1.40. The van der Waals surface area contributed by atoms with Gasteiger partial charge in [0.1, 0.15) is 0 Å². The van der Waals surface area contributed by atoms with E-state index in [2.05, 4.69) is 4.98 Å². The summed E-state index contributed by atoms with van der Waals surface area (Å²) in [7, 11) is -3.37. The minimum Gasteiger partial charge on any atom is -0.396 e. The Morgan fingerprint density at radius 3 is 3.00 bits per heavy atom. The van der Waals surface area contributed by atoms with Crippen LogP contribution < -0.4 is 5.73 Å². The lowest BCUT2D eigenvalue weighted by Crippen LogP contribution is -2.13. The minimum atomic E-state index is -3.37. The number of nitrogens with zero attached hydrogens (tertiary/aromatic N) is 1. The first-order chi connectivity index (χ1) is 8.59. The van der Waals surface area contributed by atoms with Gasteiger partial charge in [-0.2, -0.15) is 0 Å². The van der Waals surface area contributed by atoms with Crippen LogP contribution >= 0.6 is 0 Å². The third-order valence-corrected chi connectivity index (χ3v) is 4.81. The normalized spacial score (nSPS) is 20.1. The summed E-state index contributed by atoms with van der Waals surface area (Å²) >= 11 is 0. The van der Waals surface area contributed by atoms with Crippen LogP contribution in [0.25, 0.3) is 0 Å². The van der Waals surface area contributed by atoms with Gasteiger partial charge in [-0.1, -0.05) is 0 Å². The summed E-state index contributed by atoms with van der Waals surface area (Å²) in [6, 6.07) is 3.18. The van der Waals surface area contributed by atoms with Crippen LogP contribution in [0.4, 0.5) is 5.69 Å². The van der Waals surface area contributed by atoms with E-state index in [1.54, 1.807) is 12.1 Å². The summed E-state index contributed by atoms with van der Waals surface area (Å²) < 4.78 is 29.5. The Labute approximate surface area is 107 Å². The highest BCUT2D eigenvalue weighted by Gasteiger charge is 2.21. The van der Waals surface area contributed by atoms with Crippen LogP contribution in [-0.4, -0.2) is 31.9 Å². The lowest BCUT2D eigenvalue weighted by Gasteiger charge is -2.09. The van der Waals surface area contributed by atoms with Gasteiger partial charge in [0, 0.05) is 12.8 Å². The standard InChI is InChI=1S/C12H18N2O3S/c13-11-6-1-7-14-12(11)18(15,16)9-3-5-10-4-2-8-17-10/h1,6-7,10H,2-5,8-9,13H2. The van der Waals surface area contributed by atoms with Gasteiger partial charge in [0.2, 0.25) is 0 Å². The van der Waals surface area contributed by atoms with E-state index in [-0.39, 0.29) is 22.6 Å². The molecular weight excluding hydrogens is 252 g/mol. The van der Waals surface area contributed by atoms with Crippen molar-refractivity contribution in [2.75, 3.05) is 18.1 Å². The highest BCUT2D eigenvalue weighted by Crippen LogP contribution is 2.20. The molecule has 2 N–H and O–H groups in total. The summed E-state index contributed by atoms with van der Waals surface area (Å²) in [5, 5.41) is -0.00246. The summed E-state index contributed by atoms with van der Waals surface area (Å²) in [5.74, 6) is 0.0775. The highest BCUT2D eigenvalue weighted by molar-refractivity contribution is 7.91. The van der Waals surface area contributed by atoms with Crippen LogP contribution in [0.2, 0.25) is 0 Å². The van der Waals surface area contributed by atoms with E-state index >= 15 is 0 Å². The van der Waals surface area contributed by atoms with Crippen LogP contribution in [0.15, 0.2) is 23.4 Å². The predicted molar refractivity (Wildman–Crippen MR) is 68.9 cm³/mol. The Morgan fingerprint density at radius 1 is 1.50 bits per heavy atom. The molecule has 5 nitrogen and oxygen atoms in total. The molecule has 1 aliphatic heterocycles. The van der Waals surface area contributed by atoms with Gasteiger partial charge in [0.05, 0.1) is 17.5 Å². The second-order valence-electron chi connectivity index (χ2n) is 4.49. The van der Waals surface area contributed by atoms with E-state index in [1.165, 1.54) is 6.20 Å². The van der Waals surface area contributed by atoms with Crippen molar-refractivity contribution in [2.45, 2.75) is 36.8 Å². The number of pyridine rings is 1. The molecule has 1 atom stereocenters. The van der Waals surface area contributed by atoms with E-state index < -0.39 is 9.84 Å². The van der Waals surface area contributed by atoms with Crippen molar-refractivity contribution in [3.8, 4) is 0 Å². The Balaban J connectivity index is 1.93. The fraction of sp³-hybridized carbons (Fsp3) is 0.583. The monoisotopic (exact) mass is 270 g/mol. The van der Waals surface area contributed by atoms with Gasteiger partial charge in [-0.15, -0.1) is 0 Å². The molecule has 0 amide bonds. The third-order valence-electron chi connectivity index (χ3n) is 3.06. The summed E-state index contributed by atoms with van der Waals surface area (Å²) in [6.45, 7) is 0.796. The highest BCUT2D eigenvalue weighted by atomic mass is 32.2. The van der Waals surface area contributed by atoms with Crippen LogP contribution in [0, 0.1) is 0 Å². The molecule has 1 aliphatic rings. The molecule has 100 valence electrons. The molecule has 1 fully saturated rings. The number of nitrogens with two attached hydrogens (primary N) is 1. The van der Waals surface area contributed by atoms with Crippen LogP contribution in [0.1, 0.15) is 25.7 Å². The van der Waals surface area contributed by atoms with Crippen LogP contribution in [0.3, 0.4) is 0 Å². The Hall–Kier alpha value is -1.14. The number of ether oxygens (including phenoxy) is 1. The average Bonchev–Trinajstić information content (AvgIpc) is 2.82. The molecule has 0 aromatic carbocycles.